The highest BCUT2D eigenvalue weighted by Crippen LogP contribution is 2.33. The summed E-state index contributed by atoms with van der Waals surface area (Å²) in [5.41, 5.74) is 4.93. The van der Waals surface area contributed by atoms with Crippen molar-refractivity contribution in [3.63, 3.8) is 0 Å². The molecule has 11 rings (SSSR count). The van der Waals surface area contributed by atoms with Gasteiger partial charge in [0.05, 0.1) is 147 Å². The van der Waals surface area contributed by atoms with Crippen LogP contribution in [0.3, 0.4) is 0 Å². The first-order valence-corrected chi connectivity index (χ1v) is 35.0. The number of hydrogen-bond acceptors (Lipinski definition) is 20. The van der Waals surface area contributed by atoms with Crippen LogP contribution in [0.5, 0.6) is 0 Å². The van der Waals surface area contributed by atoms with Gasteiger partial charge in [0.15, 0.2) is 0 Å². The number of rotatable bonds is 27. The van der Waals surface area contributed by atoms with Crippen LogP contribution in [0.25, 0.3) is 0 Å². The second-order valence-corrected chi connectivity index (χ2v) is 26.9. The van der Waals surface area contributed by atoms with E-state index in [0.717, 1.165) is 55.1 Å². The third-order valence-electron chi connectivity index (χ3n) is 16.1. The van der Waals surface area contributed by atoms with Gasteiger partial charge in [-0.2, -0.15) is 8.42 Å². The average Bonchev–Trinajstić information content (AvgIpc) is 0.932. The zero-order valence-electron chi connectivity index (χ0n) is 57.0. The average molecular weight is 1370 g/mol. The van der Waals surface area contributed by atoms with Crippen LogP contribution in [0.15, 0.2) is 150 Å². The fraction of sp³-hybridized carbons (Fsp3) is 0.548. The molecule has 0 bridgehead atoms. The fourth-order valence-corrected chi connectivity index (χ4v) is 10.8. The maximum Gasteiger partial charge on any atom is 0.410 e. The summed E-state index contributed by atoms with van der Waals surface area (Å²) >= 11 is 0. The number of hydrogen-bond donors (Lipinski definition) is 5. The molecule has 0 aromatic heterocycles. The second-order valence-electron chi connectivity index (χ2n) is 25.3. The maximum absolute atomic E-state index is 12.1. The summed E-state index contributed by atoms with van der Waals surface area (Å²) in [5, 5.41) is 37.3. The summed E-state index contributed by atoms with van der Waals surface area (Å²) in [6.45, 7) is 18.2. The standard InChI is InChI=1S/C20H23NO6S.C13H17NO4.C13H18O.C12H16O2.C10H19NO4.C5H11NO2/c1-16-7-9-19(10-8-16)28(23,24)27-12-11-25-18-13-21(14-18)20(22)26-15-17-5-3-2-4-6-17;15-6-7-17-12-8-14(9-12)13(16)18-10-11-4-2-1-3-5-11;1-2-11-8-13(9-11)14-10-12-6-4-3-5-7-12;13-8-11-6-12(7-11)14-9-10-4-2-1-3-5-10;1-10(2,3)15-9(13)11-6-8(7-11)14-5-4-12;7-1-2-8-5-3-6-4-5/h2-10,18H,11-15H2,1H3;1-5,12,15H,6-10H2;3-7,11,13H,2,8-10H2,1H3;1-5,11-13H,6-9H2;8,12H,4-7H2,1-3H3;5-7H,1-4H2. The van der Waals surface area contributed by atoms with E-state index in [1.807, 2.05) is 113 Å². The fourth-order valence-electron chi connectivity index (χ4n) is 9.88. The zero-order valence-corrected chi connectivity index (χ0v) is 57.8. The molecule has 97 heavy (non-hydrogen) atoms. The molecule has 5 N–H and O–H groups in total. The lowest BCUT2D eigenvalue weighted by atomic mass is 9.80. The van der Waals surface area contributed by atoms with E-state index in [4.69, 9.17) is 67.2 Å². The van der Waals surface area contributed by atoms with Crippen molar-refractivity contribution in [2.45, 2.75) is 140 Å². The highest BCUT2D eigenvalue weighted by atomic mass is 32.2. The number of nitrogens with one attached hydrogen (secondary N) is 1. The van der Waals surface area contributed by atoms with Gasteiger partial charge in [0, 0.05) is 19.7 Å². The predicted molar refractivity (Wildman–Crippen MR) is 364 cm³/mol. The van der Waals surface area contributed by atoms with Crippen LogP contribution in [-0.4, -0.2) is 216 Å². The van der Waals surface area contributed by atoms with Gasteiger partial charge >= 0.3 is 18.3 Å². The Labute approximate surface area is 573 Å². The molecule has 0 spiro atoms. The highest BCUT2D eigenvalue weighted by Gasteiger charge is 2.36. The Morgan fingerprint density at radius 1 is 0.454 bits per heavy atom. The molecule has 3 amide bonds. The van der Waals surface area contributed by atoms with Crippen LogP contribution >= 0.6 is 0 Å². The van der Waals surface area contributed by atoms with Crippen molar-refractivity contribution < 1.29 is 90.0 Å². The van der Waals surface area contributed by atoms with Crippen LogP contribution in [0.2, 0.25) is 0 Å². The maximum atomic E-state index is 12.1. The first-order valence-electron chi connectivity index (χ1n) is 33.6. The quantitative estimate of drug-likeness (QED) is 0.0187. The molecular formula is C73H104N4O19S. The number of aryl methyl sites for hydroxylation is 1. The van der Waals surface area contributed by atoms with Crippen molar-refractivity contribution in [3.05, 3.63) is 173 Å². The van der Waals surface area contributed by atoms with Crippen LogP contribution in [0.4, 0.5) is 14.4 Å². The topological polar surface area (TPSA) is 280 Å². The predicted octanol–water partition coefficient (Wildman–Crippen LogP) is 8.70. The molecule has 0 radical (unpaired) electrons. The first-order chi connectivity index (χ1) is 46.8. The summed E-state index contributed by atoms with van der Waals surface area (Å²) in [7, 11) is -3.79. The molecule has 0 unspecified atom stereocenters. The van der Waals surface area contributed by atoms with Gasteiger partial charge in [-0.15, -0.1) is 0 Å². The van der Waals surface area contributed by atoms with E-state index in [2.05, 4.69) is 48.6 Å². The van der Waals surface area contributed by atoms with Crippen LogP contribution < -0.4 is 5.32 Å². The van der Waals surface area contributed by atoms with Crippen LogP contribution in [0, 0.1) is 18.8 Å². The van der Waals surface area contributed by atoms with Gasteiger partial charge in [0.2, 0.25) is 0 Å². The molecule has 6 fully saturated rings. The Kier molecular flexibility index (Phi) is 35.8. The van der Waals surface area contributed by atoms with E-state index in [1.165, 1.54) is 47.4 Å². The third-order valence-corrected chi connectivity index (χ3v) is 17.4. The molecule has 2 saturated carbocycles. The summed E-state index contributed by atoms with van der Waals surface area (Å²) in [6.07, 6.45) is 6.07. The molecule has 4 saturated heterocycles. The molecule has 2 aliphatic carbocycles. The lowest BCUT2D eigenvalue weighted by molar-refractivity contribution is -0.0693. The van der Waals surface area contributed by atoms with E-state index in [1.54, 1.807) is 21.9 Å². The summed E-state index contributed by atoms with van der Waals surface area (Å²) in [4.78, 5) is 39.8. The van der Waals surface area contributed by atoms with Crippen molar-refractivity contribution in [1.82, 2.24) is 20.0 Å². The van der Waals surface area contributed by atoms with Gasteiger partial charge in [-0.3, -0.25) is 4.18 Å². The number of aliphatic hydroxyl groups is 4. The molecule has 23 nitrogen and oxygen atoms in total. The van der Waals surface area contributed by atoms with E-state index in [-0.39, 0.29) is 81.1 Å². The molecule has 536 valence electrons. The monoisotopic (exact) mass is 1370 g/mol. The number of aliphatic hydroxyl groups excluding tert-OH is 4. The lowest BCUT2D eigenvalue weighted by Crippen LogP contribution is -2.56. The van der Waals surface area contributed by atoms with E-state index >= 15 is 0 Å². The first kappa shape index (κ1) is 79.4. The smallest absolute Gasteiger partial charge is 0.410 e. The minimum absolute atomic E-state index is 0.00888. The minimum atomic E-state index is -3.79. The van der Waals surface area contributed by atoms with Crippen molar-refractivity contribution in [2.75, 3.05) is 112 Å². The molecule has 24 heteroatoms. The summed E-state index contributed by atoms with van der Waals surface area (Å²) in [5.74, 6) is 1.41. The molecule has 5 aromatic carbocycles. The number of benzene rings is 5. The molecule has 4 heterocycles. The zero-order chi connectivity index (χ0) is 69.7. The van der Waals surface area contributed by atoms with Crippen molar-refractivity contribution in [1.29, 1.82) is 0 Å². The number of amides is 3. The number of nitrogens with zero attached hydrogens (tertiary/aromatic N) is 3. The van der Waals surface area contributed by atoms with Gasteiger partial charge in [-0.25, -0.2) is 14.4 Å². The molecular weight excluding hydrogens is 1270 g/mol. The summed E-state index contributed by atoms with van der Waals surface area (Å²) in [6, 6.07) is 46.1. The number of ether oxygens (including phenoxy) is 9. The van der Waals surface area contributed by atoms with Gasteiger partial charge < -0.3 is 83.1 Å². The Balaban J connectivity index is 0.000000191. The van der Waals surface area contributed by atoms with Crippen molar-refractivity contribution in [3.8, 4) is 0 Å². The van der Waals surface area contributed by atoms with Gasteiger partial charge in [-0.05, 0) is 99.6 Å². The van der Waals surface area contributed by atoms with E-state index < -0.39 is 15.7 Å². The van der Waals surface area contributed by atoms with E-state index in [9.17, 15) is 22.8 Å². The lowest BCUT2D eigenvalue weighted by Gasteiger charge is -2.39. The minimum Gasteiger partial charge on any atom is -0.445 e. The summed E-state index contributed by atoms with van der Waals surface area (Å²) < 4.78 is 77.3. The van der Waals surface area contributed by atoms with Gasteiger partial charge in [0.1, 0.15) is 18.8 Å². The highest BCUT2D eigenvalue weighted by molar-refractivity contribution is 7.86. The van der Waals surface area contributed by atoms with Crippen molar-refractivity contribution >= 4 is 28.4 Å². The Morgan fingerprint density at radius 2 is 0.814 bits per heavy atom. The van der Waals surface area contributed by atoms with Crippen molar-refractivity contribution in [2.24, 2.45) is 11.8 Å². The normalized spacial score (nSPS) is 18.9. The number of carbonyl (C=O) groups is 3. The number of carbonyl (C=O) groups excluding carboxylic acids is 3. The Bertz CT molecular complexity index is 2970. The molecule has 0 atom stereocenters. The van der Waals surface area contributed by atoms with E-state index in [0.29, 0.717) is 103 Å². The molecule has 5 aromatic rings. The molecule has 4 aliphatic heterocycles. The Hall–Kier alpha value is -6.62. The van der Waals surface area contributed by atoms with Crippen LogP contribution in [0.1, 0.15) is 87.6 Å². The third kappa shape index (κ3) is 31.0. The second kappa shape index (κ2) is 43.7. The van der Waals surface area contributed by atoms with Gasteiger partial charge in [-0.1, -0.05) is 152 Å². The number of likely N-dealkylation sites (tertiary alicyclic amines) is 3. The Morgan fingerprint density at radius 3 is 1.16 bits per heavy atom. The van der Waals surface area contributed by atoms with Gasteiger partial charge in [0.25, 0.3) is 10.1 Å². The molecule has 6 aliphatic rings. The van der Waals surface area contributed by atoms with Crippen LogP contribution in [-0.2, 0) is 83.4 Å². The SMILES string of the molecule is CC(C)(C)OC(=O)N1CC(OCCO)C1.CCC1CC(OCc2ccccc2)C1.Cc1ccc(S(=O)(=O)OCCOC2CN(C(=O)OCc3ccccc3)C2)cc1.O=C(OCc1ccccc1)N1CC(OCCO)C1.OCC1CC(OCc2ccccc2)C1.OCCOC1CNC1. The largest absolute Gasteiger partial charge is 0.445 e.